The summed E-state index contributed by atoms with van der Waals surface area (Å²) in [5, 5.41) is 19.3. The summed E-state index contributed by atoms with van der Waals surface area (Å²) in [4.78, 5) is 11.1. The molecule has 0 radical (unpaired) electrons. The van der Waals surface area contributed by atoms with Gasteiger partial charge in [-0.05, 0) is 28.1 Å². The van der Waals surface area contributed by atoms with Gasteiger partial charge >= 0.3 is 5.97 Å². The van der Waals surface area contributed by atoms with E-state index >= 15 is 0 Å². The predicted octanol–water partition coefficient (Wildman–Crippen LogP) is 1.37. The number of methoxy groups -OCH3 is 2. The number of benzene rings is 1. The molecule has 0 heterocycles. The van der Waals surface area contributed by atoms with Crippen LogP contribution in [0.25, 0.3) is 0 Å². The van der Waals surface area contributed by atoms with E-state index in [2.05, 4.69) is 20.7 Å². The van der Waals surface area contributed by atoms with Crippen molar-refractivity contribution >= 4 is 21.9 Å². The summed E-state index contributed by atoms with van der Waals surface area (Å²) in [5.41, 5.74) is 0.0260. The van der Waals surface area contributed by atoms with E-state index in [0.29, 0.717) is 10.2 Å². The number of halogens is 1. The van der Waals surface area contributed by atoms with Gasteiger partial charge in [0.15, 0.2) is 6.10 Å². The fraction of sp³-hybridized carbons (Fsp3) is 0.300. The Kier molecular flexibility index (Phi) is 4.14. The highest BCUT2D eigenvalue weighted by atomic mass is 79.9. The lowest BCUT2D eigenvalue weighted by molar-refractivity contribution is -0.150. The summed E-state index contributed by atoms with van der Waals surface area (Å²) in [7, 11) is 2.59. The predicted molar refractivity (Wildman–Crippen MR) is 59.3 cm³/mol. The quantitative estimate of drug-likeness (QED) is 0.823. The largest absolute Gasteiger partial charge is 0.506 e. The van der Waals surface area contributed by atoms with E-state index in [-0.39, 0.29) is 11.3 Å². The molecule has 1 unspecified atom stereocenters. The zero-order chi connectivity index (χ0) is 12.3. The summed E-state index contributed by atoms with van der Waals surface area (Å²) in [6, 6.07) is 2.88. The van der Waals surface area contributed by atoms with Gasteiger partial charge < -0.3 is 19.7 Å². The van der Waals surface area contributed by atoms with Crippen LogP contribution >= 0.6 is 15.9 Å². The molecule has 2 N–H and O–H groups in total. The third kappa shape index (κ3) is 2.45. The standard InChI is InChI=1S/C10H11BrO5/c1-15-5-3-6(8(12)7(11)4-5)9(13)10(14)16-2/h3-4,9,12-13H,1-2H3. The number of ether oxygens (including phenoxy) is 2. The van der Waals surface area contributed by atoms with Gasteiger partial charge in [-0.15, -0.1) is 0 Å². The molecule has 0 aliphatic heterocycles. The molecular weight excluding hydrogens is 280 g/mol. The lowest BCUT2D eigenvalue weighted by Crippen LogP contribution is -2.13. The number of aliphatic hydroxyl groups is 1. The minimum atomic E-state index is -1.55. The molecule has 0 saturated carbocycles. The van der Waals surface area contributed by atoms with Gasteiger partial charge in [-0.25, -0.2) is 4.79 Å². The van der Waals surface area contributed by atoms with Crippen LogP contribution in [0, 0.1) is 0 Å². The van der Waals surface area contributed by atoms with Gasteiger partial charge in [0.1, 0.15) is 11.5 Å². The SMILES string of the molecule is COC(=O)C(O)c1cc(OC)cc(Br)c1O. The average Bonchev–Trinajstić information content (AvgIpc) is 2.30. The first-order valence-electron chi connectivity index (χ1n) is 4.33. The zero-order valence-corrected chi connectivity index (χ0v) is 10.3. The number of phenolic OH excluding ortho intramolecular Hbond substituents is 1. The maximum absolute atomic E-state index is 11.1. The Morgan fingerprint density at radius 1 is 1.44 bits per heavy atom. The summed E-state index contributed by atoms with van der Waals surface area (Å²) in [5.74, 6) is -0.670. The van der Waals surface area contributed by atoms with Gasteiger partial charge in [0.05, 0.1) is 18.7 Å². The molecular formula is C10H11BrO5. The smallest absolute Gasteiger partial charge is 0.339 e. The van der Waals surface area contributed by atoms with E-state index in [9.17, 15) is 15.0 Å². The second-order valence-corrected chi connectivity index (χ2v) is 3.83. The maximum atomic E-state index is 11.1. The van der Waals surface area contributed by atoms with E-state index in [1.54, 1.807) is 0 Å². The number of phenols is 1. The average molecular weight is 291 g/mol. The van der Waals surface area contributed by atoms with Crippen molar-refractivity contribution in [1.82, 2.24) is 0 Å². The van der Waals surface area contributed by atoms with Crippen molar-refractivity contribution in [2.75, 3.05) is 14.2 Å². The van der Waals surface area contributed by atoms with Crippen LogP contribution in [0.5, 0.6) is 11.5 Å². The van der Waals surface area contributed by atoms with Crippen LogP contribution in [0.15, 0.2) is 16.6 Å². The Bertz CT molecular complexity index is 404. The number of aliphatic hydroxyl groups excluding tert-OH is 1. The zero-order valence-electron chi connectivity index (χ0n) is 8.73. The molecule has 1 aromatic rings. The third-order valence-electron chi connectivity index (χ3n) is 2.02. The molecule has 0 aliphatic rings. The van der Waals surface area contributed by atoms with Crippen molar-refractivity contribution in [3.63, 3.8) is 0 Å². The van der Waals surface area contributed by atoms with Crippen LogP contribution in [0.4, 0.5) is 0 Å². The van der Waals surface area contributed by atoms with E-state index in [0.717, 1.165) is 7.11 Å². The Hall–Kier alpha value is -1.27. The molecule has 6 heteroatoms. The van der Waals surface area contributed by atoms with Crippen LogP contribution < -0.4 is 4.74 Å². The molecule has 0 aliphatic carbocycles. The van der Waals surface area contributed by atoms with Gasteiger partial charge in [-0.3, -0.25) is 0 Å². The summed E-state index contributed by atoms with van der Waals surface area (Å²) in [6.45, 7) is 0. The highest BCUT2D eigenvalue weighted by molar-refractivity contribution is 9.10. The number of hydrogen-bond acceptors (Lipinski definition) is 5. The number of rotatable bonds is 3. The maximum Gasteiger partial charge on any atom is 0.339 e. The van der Waals surface area contributed by atoms with E-state index in [4.69, 9.17) is 4.74 Å². The number of aromatic hydroxyl groups is 1. The summed E-state index contributed by atoms with van der Waals surface area (Å²) < 4.78 is 9.65. The molecule has 0 fully saturated rings. The van der Waals surface area contributed by atoms with Crippen LogP contribution in [0.1, 0.15) is 11.7 Å². The molecule has 0 aromatic heterocycles. The number of hydrogen-bond donors (Lipinski definition) is 2. The van der Waals surface area contributed by atoms with Gasteiger partial charge in [0, 0.05) is 5.56 Å². The first-order chi connectivity index (χ1) is 7.51. The van der Waals surface area contributed by atoms with Gasteiger partial charge in [-0.1, -0.05) is 0 Å². The van der Waals surface area contributed by atoms with E-state index in [1.165, 1.54) is 19.2 Å². The lowest BCUT2D eigenvalue weighted by Gasteiger charge is -2.13. The molecule has 1 atom stereocenters. The van der Waals surface area contributed by atoms with Gasteiger partial charge in [0.2, 0.25) is 0 Å². The first kappa shape index (κ1) is 12.8. The van der Waals surface area contributed by atoms with E-state index < -0.39 is 12.1 Å². The minimum absolute atomic E-state index is 0.0260. The fourth-order valence-corrected chi connectivity index (χ4v) is 1.61. The van der Waals surface area contributed by atoms with E-state index in [1.807, 2.05) is 0 Å². The van der Waals surface area contributed by atoms with Crippen molar-refractivity contribution in [3.05, 3.63) is 22.2 Å². The molecule has 88 valence electrons. The monoisotopic (exact) mass is 290 g/mol. The number of carbonyl (C=O) groups is 1. The minimum Gasteiger partial charge on any atom is -0.506 e. The summed E-state index contributed by atoms with van der Waals surface area (Å²) >= 11 is 3.08. The fourth-order valence-electron chi connectivity index (χ4n) is 1.16. The second-order valence-electron chi connectivity index (χ2n) is 2.97. The summed E-state index contributed by atoms with van der Waals surface area (Å²) in [6.07, 6.45) is -1.55. The number of esters is 1. The topological polar surface area (TPSA) is 76.0 Å². The number of carbonyl (C=O) groups excluding carboxylic acids is 1. The van der Waals surface area contributed by atoms with Crippen LogP contribution in [-0.2, 0) is 9.53 Å². The first-order valence-corrected chi connectivity index (χ1v) is 5.12. The molecule has 0 saturated heterocycles. The second kappa shape index (κ2) is 5.18. The van der Waals surface area contributed by atoms with Gasteiger partial charge in [-0.2, -0.15) is 0 Å². The molecule has 16 heavy (non-hydrogen) atoms. The Balaban J connectivity index is 3.21. The van der Waals surface area contributed by atoms with Crippen LogP contribution in [0.2, 0.25) is 0 Å². The molecule has 0 spiro atoms. The third-order valence-corrected chi connectivity index (χ3v) is 2.63. The normalized spacial score (nSPS) is 12.0. The van der Waals surface area contributed by atoms with Crippen molar-refractivity contribution < 1.29 is 24.5 Å². The molecule has 0 amide bonds. The van der Waals surface area contributed by atoms with Crippen molar-refractivity contribution in [3.8, 4) is 11.5 Å². The van der Waals surface area contributed by atoms with Crippen molar-refractivity contribution in [2.45, 2.75) is 6.10 Å². The van der Waals surface area contributed by atoms with Crippen LogP contribution in [0.3, 0.4) is 0 Å². The molecule has 1 rings (SSSR count). The molecule has 5 nitrogen and oxygen atoms in total. The lowest BCUT2D eigenvalue weighted by atomic mass is 10.1. The highest BCUT2D eigenvalue weighted by Crippen LogP contribution is 2.36. The highest BCUT2D eigenvalue weighted by Gasteiger charge is 2.23. The molecule has 0 bridgehead atoms. The van der Waals surface area contributed by atoms with Crippen LogP contribution in [-0.4, -0.2) is 30.4 Å². The van der Waals surface area contributed by atoms with Crippen molar-refractivity contribution in [1.29, 1.82) is 0 Å². The van der Waals surface area contributed by atoms with Crippen molar-refractivity contribution in [2.24, 2.45) is 0 Å². The van der Waals surface area contributed by atoms with Gasteiger partial charge in [0.25, 0.3) is 0 Å². The Labute approximate surface area is 101 Å². The molecule has 1 aromatic carbocycles. The Morgan fingerprint density at radius 2 is 2.06 bits per heavy atom. The Morgan fingerprint density at radius 3 is 2.56 bits per heavy atom.